The Bertz CT molecular complexity index is 765. The van der Waals surface area contributed by atoms with Crippen molar-refractivity contribution in [2.45, 2.75) is 13.5 Å². The number of carbonyl (C=O) groups excluding carboxylic acids is 1. The molecule has 0 fully saturated rings. The van der Waals surface area contributed by atoms with E-state index in [0.29, 0.717) is 22.8 Å². The van der Waals surface area contributed by atoms with Crippen molar-refractivity contribution in [2.75, 3.05) is 26.6 Å². The molecule has 25 heavy (non-hydrogen) atoms. The van der Waals surface area contributed by atoms with Crippen LogP contribution in [-0.2, 0) is 6.54 Å². The molecule has 0 bridgehead atoms. The van der Waals surface area contributed by atoms with Gasteiger partial charge in [0.2, 0.25) is 5.75 Å². The van der Waals surface area contributed by atoms with Gasteiger partial charge in [-0.15, -0.1) is 0 Å². The molecule has 7 heteroatoms. The third kappa shape index (κ3) is 4.32. The number of methoxy groups -OCH3 is 3. The van der Waals surface area contributed by atoms with Crippen LogP contribution in [0.25, 0.3) is 0 Å². The minimum Gasteiger partial charge on any atom is -0.493 e. The van der Waals surface area contributed by atoms with Crippen molar-refractivity contribution in [1.82, 2.24) is 5.32 Å². The number of aryl methyl sites for hydroxylation is 1. The van der Waals surface area contributed by atoms with Crippen LogP contribution in [-0.4, -0.2) is 27.4 Å². The number of halogens is 1. The zero-order valence-corrected chi connectivity index (χ0v) is 14.6. The molecule has 0 radical (unpaired) electrons. The lowest BCUT2D eigenvalue weighted by atomic mass is 10.1. The number of urea groups is 1. The highest BCUT2D eigenvalue weighted by atomic mass is 19.1. The molecule has 2 amide bonds. The normalized spacial score (nSPS) is 10.1. The minimum absolute atomic E-state index is 0.113. The van der Waals surface area contributed by atoms with Crippen molar-refractivity contribution < 1.29 is 23.4 Å². The summed E-state index contributed by atoms with van der Waals surface area (Å²) in [6.45, 7) is 1.94. The highest BCUT2D eigenvalue weighted by Crippen LogP contribution is 2.39. The summed E-state index contributed by atoms with van der Waals surface area (Å²) in [5, 5.41) is 5.13. The highest BCUT2D eigenvalue weighted by molar-refractivity contribution is 5.89. The maximum atomic E-state index is 13.8. The molecule has 134 valence electrons. The quantitative estimate of drug-likeness (QED) is 0.839. The van der Waals surface area contributed by atoms with Gasteiger partial charge in [0.05, 0.1) is 27.0 Å². The second-order valence-electron chi connectivity index (χ2n) is 5.28. The summed E-state index contributed by atoms with van der Waals surface area (Å²) in [6.07, 6.45) is 0. The van der Waals surface area contributed by atoms with Crippen LogP contribution in [0.5, 0.6) is 17.2 Å². The van der Waals surface area contributed by atoms with Gasteiger partial charge >= 0.3 is 6.03 Å². The minimum atomic E-state index is -0.528. The monoisotopic (exact) mass is 348 g/mol. The molecule has 0 aliphatic rings. The first-order chi connectivity index (χ1) is 12.0. The van der Waals surface area contributed by atoms with E-state index in [-0.39, 0.29) is 12.2 Å². The third-order valence-corrected chi connectivity index (χ3v) is 3.60. The second-order valence-corrected chi connectivity index (χ2v) is 5.28. The summed E-state index contributed by atoms with van der Waals surface area (Å²) in [6, 6.07) is 7.53. The molecule has 0 unspecified atom stereocenters. The number of nitrogens with one attached hydrogen (secondary N) is 2. The van der Waals surface area contributed by atoms with Gasteiger partial charge in [-0.05, 0) is 36.8 Å². The van der Waals surface area contributed by atoms with Gasteiger partial charge in [-0.25, -0.2) is 9.18 Å². The van der Waals surface area contributed by atoms with Crippen LogP contribution in [0.2, 0.25) is 0 Å². The molecule has 0 saturated heterocycles. The maximum absolute atomic E-state index is 13.8. The van der Waals surface area contributed by atoms with Crippen LogP contribution in [0.3, 0.4) is 0 Å². The molecule has 2 aromatic rings. The lowest BCUT2D eigenvalue weighted by Crippen LogP contribution is -2.28. The summed E-state index contributed by atoms with van der Waals surface area (Å²) in [4.78, 5) is 12.0. The summed E-state index contributed by atoms with van der Waals surface area (Å²) in [5.74, 6) is 0.936. The van der Waals surface area contributed by atoms with Crippen molar-refractivity contribution in [3.05, 3.63) is 47.3 Å². The molecule has 0 spiro atoms. The zero-order valence-electron chi connectivity index (χ0n) is 14.6. The van der Waals surface area contributed by atoms with E-state index < -0.39 is 11.8 Å². The molecule has 0 aliphatic carbocycles. The smallest absolute Gasteiger partial charge is 0.319 e. The number of amides is 2. The van der Waals surface area contributed by atoms with E-state index in [1.807, 2.05) is 0 Å². The van der Waals surface area contributed by atoms with Crippen molar-refractivity contribution in [3.63, 3.8) is 0 Å². The van der Waals surface area contributed by atoms with E-state index in [1.165, 1.54) is 33.5 Å². The Balaban J connectivity index is 2.09. The van der Waals surface area contributed by atoms with Gasteiger partial charge in [0.25, 0.3) is 0 Å². The third-order valence-electron chi connectivity index (χ3n) is 3.60. The Morgan fingerprint density at radius 1 is 1.04 bits per heavy atom. The van der Waals surface area contributed by atoms with Crippen LogP contribution < -0.4 is 24.8 Å². The average molecular weight is 348 g/mol. The van der Waals surface area contributed by atoms with E-state index >= 15 is 0 Å². The summed E-state index contributed by atoms with van der Waals surface area (Å²) in [5.41, 5.74) is 1.58. The predicted molar refractivity (Wildman–Crippen MR) is 93.1 cm³/mol. The van der Waals surface area contributed by atoms with Gasteiger partial charge in [0.1, 0.15) is 5.82 Å². The van der Waals surface area contributed by atoms with Crippen molar-refractivity contribution in [1.29, 1.82) is 0 Å². The number of ether oxygens (including phenoxy) is 3. The van der Waals surface area contributed by atoms with Gasteiger partial charge in [0.15, 0.2) is 11.5 Å². The van der Waals surface area contributed by atoms with E-state index in [4.69, 9.17) is 14.2 Å². The topological polar surface area (TPSA) is 68.8 Å². The number of benzene rings is 2. The fourth-order valence-corrected chi connectivity index (χ4v) is 2.37. The van der Waals surface area contributed by atoms with Crippen molar-refractivity contribution in [3.8, 4) is 17.2 Å². The number of anilines is 1. The van der Waals surface area contributed by atoms with Gasteiger partial charge in [-0.2, -0.15) is 0 Å². The fourth-order valence-electron chi connectivity index (χ4n) is 2.37. The van der Waals surface area contributed by atoms with Crippen LogP contribution in [0.1, 0.15) is 11.1 Å². The van der Waals surface area contributed by atoms with Crippen molar-refractivity contribution >= 4 is 11.7 Å². The number of hydrogen-bond donors (Lipinski definition) is 2. The molecule has 0 saturated carbocycles. The standard InChI is InChI=1S/C18H21FN2O4/c1-11-5-7-14(13(19)9-11)21-18(22)20-10-12-6-8-15(23-2)17(25-4)16(12)24-3/h5-9H,10H2,1-4H3,(H2,20,21,22). The Kier molecular flexibility index (Phi) is 6.05. The number of hydrogen-bond acceptors (Lipinski definition) is 4. The van der Waals surface area contributed by atoms with Crippen LogP contribution in [0.4, 0.5) is 14.9 Å². The summed E-state index contributed by atoms with van der Waals surface area (Å²) < 4.78 is 29.7. The Morgan fingerprint density at radius 2 is 1.76 bits per heavy atom. The molecule has 0 atom stereocenters. The van der Waals surface area contributed by atoms with Gasteiger partial charge in [-0.1, -0.05) is 6.07 Å². The SMILES string of the molecule is COc1ccc(CNC(=O)Nc2ccc(C)cc2F)c(OC)c1OC. The molecular formula is C18H21FN2O4. The molecule has 2 aromatic carbocycles. The van der Waals surface area contributed by atoms with Crippen LogP contribution in [0.15, 0.2) is 30.3 Å². The van der Waals surface area contributed by atoms with Crippen LogP contribution >= 0.6 is 0 Å². The number of carbonyl (C=O) groups is 1. The van der Waals surface area contributed by atoms with E-state index in [0.717, 1.165) is 5.56 Å². The zero-order chi connectivity index (χ0) is 18.4. The van der Waals surface area contributed by atoms with E-state index in [2.05, 4.69) is 10.6 Å². The van der Waals surface area contributed by atoms with Gasteiger partial charge in [0, 0.05) is 12.1 Å². The predicted octanol–water partition coefficient (Wildman–Crippen LogP) is 3.48. The Labute approximate surface area is 145 Å². The molecular weight excluding hydrogens is 327 g/mol. The first-order valence-corrected chi connectivity index (χ1v) is 7.59. The first kappa shape index (κ1) is 18.4. The summed E-state index contributed by atoms with van der Waals surface area (Å²) >= 11 is 0. The fraction of sp³-hybridized carbons (Fsp3) is 0.278. The Morgan fingerprint density at radius 3 is 2.36 bits per heavy atom. The Hall–Kier alpha value is -2.96. The molecule has 2 rings (SSSR count). The van der Waals surface area contributed by atoms with Crippen molar-refractivity contribution in [2.24, 2.45) is 0 Å². The van der Waals surface area contributed by atoms with Gasteiger partial charge < -0.3 is 24.8 Å². The van der Waals surface area contributed by atoms with E-state index in [1.54, 1.807) is 25.1 Å². The lowest BCUT2D eigenvalue weighted by Gasteiger charge is -2.16. The molecule has 0 aromatic heterocycles. The molecule has 6 nitrogen and oxygen atoms in total. The van der Waals surface area contributed by atoms with Gasteiger partial charge in [-0.3, -0.25) is 0 Å². The first-order valence-electron chi connectivity index (χ1n) is 7.59. The number of rotatable bonds is 6. The second kappa shape index (κ2) is 8.23. The van der Waals surface area contributed by atoms with Crippen LogP contribution in [0, 0.1) is 12.7 Å². The average Bonchev–Trinajstić information content (AvgIpc) is 2.61. The highest BCUT2D eigenvalue weighted by Gasteiger charge is 2.16. The summed E-state index contributed by atoms with van der Waals surface area (Å²) in [7, 11) is 4.53. The van der Waals surface area contributed by atoms with E-state index in [9.17, 15) is 9.18 Å². The maximum Gasteiger partial charge on any atom is 0.319 e. The molecule has 0 heterocycles. The largest absolute Gasteiger partial charge is 0.493 e. The molecule has 0 aliphatic heterocycles. The lowest BCUT2D eigenvalue weighted by molar-refractivity contribution is 0.251. The molecule has 2 N–H and O–H groups in total.